The van der Waals surface area contributed by atoms with E-state index >= 15 is 0 Å². The lowest BCUT2D eigenvalue weighted by Crippen LogP contribution is -2.07. The second-order valence-electron chi connectivity index (χ2n) is 5.24. The predicted molar refractivity (Wildman–Crippen MR) is 81.8 cm³/mol. The molecule has 0 spiro atoms. The lowest BCUT2D eigenvalue weighted by molar-refractivity contribution is 0.101. The van der Waals surface area contributed by atoms with Crippen LogP contribution in [0.1, 0.15) is 27.2 Å². The van der Waals surface area contributed by atoms with Crippen LogP contribution in [0.3, 0.4) is 0 Å². The third-order valence-corrected chi connectivity index (χ3v) is 3.70. The molecule has 0 bridgehead atoms. The summed E-state index contributed by atoms with van der Waals surface area (Å²) in [6.45, 7) is 6.69. The van der Waals surface area contributed by atoms with Crippen molar-refractivity contribution in [2.24, 2.45) is 0 Å². The molecule has 1 aromatic heterocycles. The van der Waals surface area contributed by atoms with Crippen molar-refractivity contribution in [1.82, 2.24) is 4.98 Å². The Morgan fingerprint density at radius 1 is 1.27 bits per heavy atom. The molecule has 0 amide bonds. The zero-order valence-electron chi connectivity index (χ0n) is 11.8. The number of halogens is 1. The van der Waals surface area contributed by atoms with Gasteiger partial charge in [0, 0.05) is 11.8 Å². The third kappa shape index (κ3) is 2.79. The number of nitrogens with zero attached hydrogens (tertiary/aromatic N) is 2. The first-order chi connectivity index (χ1) is 10.7. The number of Topliss-reactive ketones (excluding diaryl/α,β-unsaturated/α-hetero) is 1. The molecule has 1 heterocycles. The average Bonchev–Trinajstić information content (AvgIpc) is 2.92. The minimum Gasteiger partial charge on any atom is -0.308 e. The van der Waals surface area contributed by atoms with E-state index in [9.17, 15) is 9.18 Å². The third-order valence-electron chi connectivity index (χ3n) is 3.70. The molecule has 0 saturated heterocycles. The first-order valence-electron chi connectivity index (χ1n) is 6.95. The van der Waals surface area contributed by atoms with E-state index in [1.165, 1.54) is 12.1 Å². The van der Waals surface area contributed by atoms with Gasteiger partial charge in [0.05, 0.1) is 5.69 Å². The summed E-state index contributed by atoms with van der Waals surface area (Å²) in [5, 5.41) is 0. The Morgan fingerprint density at radius 2 is 2.05 bits per heavy atom. The van der Waals surface area contributed by atoms with E-state index in [1.807, 2.05) is 6.08 Å². The fourth-order valence-electron chi connectivity index (χ4n) is 2.69. The van der Waals surface area contributed by atoms with E-state index in [4.69, 9.17) is 6.57 Å². The summed E-state index contributed by atoms with van der Waals surface area (Å²) in [5.41, 5.74) is 4.44. The fraction of sp³-hybridized carbons (Fsp3) is 0.167. The van der Waals surface area contributed by atoms with E-state index in [-0.39, 0.29) is 18.1 Å². The number of carbonyl (C=O) groups excluding carboxylic acids is 1. The number of benzene rings is 1. The summed E-state index contributed by atoms with van der Waals surface area (Å²) in [7, 11) is 0. The standard InChI is InChI=1S/C18H13FN2O/c1-20-11-18(22)15-6-7-21-17-10-13(9-16(15)17)8-12-2-4-14(19)5-3-12/h2-7,10H,8-9,11H2. The Kier molecular flexibility index (Phi) is 3.80. The van der Waals surface area contributed by atoms with Gasteiger partial charge in [-0.05, 0) is 48.2 Å². The van der Waals surface area contributed by atoms with E-state index in [0.29, 0.717) is 18.4 Å². The largest absolute Gasteiger partial charge is 0.308 e. The van der Waals surface area contributed by atoms with E-state index < -0.39 is 0 Å². The zero-order valence-corrected chi connectivity index (χ0v) is 11.8. The Hall–Kier alpha value is -2.80. The SMILES string of the molecule is [C-]#[N+]CC(=O)c1ccnc2c1CC(Cc1ccc(F)cc1)=C2. The van der Waals surface area contributed by atoms with Crippen molar-refractivity contribution in [1.29, 1.82) is 0 Å². The summed E-state index contributed by atoms with van der Waals surface area (Å²) >= 11 is 0. The molecule has 108 valence electrons. The van der Waals surface area contributed by atoms with E-state index in [0.717, 1.165) is 22.4 Å². The second kappa shape index (κ2) is 5.90. The molecule has 1 aromatic carbocycles. The van der Waals surface area contributed by atoms with Crippen LogP contribution in [0.4, 0.5) is 4.39 Å². The smallest absolute Gasteiger partial charge is 0.276 e. The highest BCUT2D eigenvalue weighted by Gasteiger charge is 2.22. The minimum absolute atomic E-state index is 0.135. The van der Waals surface area contributed by atoms with Crippen molar-refractivity contribution in [3.8, 4) is 0 Å². The van der Waals surface area contributed by atoms with Gasteiger partial charge in [0.2, 0.25) is 5.78 Å². The summed E-state index contributed by atoms with van der Waals surface area (Å²) in [6, 6.07) is 8.10. The van der Waals surface area contributed by atoms with Crippen LogP contribution in [0.25, 0.3) is 10.9 Å². The number of aromatic nitrogens is 1. The molecule has 3 rings (SSSR count). The second-order valence-corrected chi connectivity index (χ2v) is 5.24. The van der Waals surface area contributed by atoms with Crippen LogP contribution in [0.5, 0.6) is 0 Å². The molecule has 2 aromatic rings. The lowest BCUT2D eigenvalue weighted by atomic mass is 9.99. The molecular weight excluding hydrogens is 279 g/mol. The molecule has 0 fully saturated rings. The van der Waals surface area contributed by atoms with E-state index in [2.05, 4.69) is 9.83 Å². The molecule has 4 heteroatoms. The van der Waals surface area contributed by atoms with Crippen molar-refractivity contribution in [2.75, 3.05) is 6.54 Å². The molecule has 22 heavy (non-hydrogen) atoms. The van der Waals surface area contributed by atoms with Gasteiger partial charge in [0.15, 0.2) is 0 Å². The van der Waals surface area contributed by atoms with Gasteiger partial charge in [0.25, 0.3) is 6.54 Å². The maximum absolute atomic E-state index is 12.9. The van der Waals surface area contributed by atoms with Gasteiger partial charge < -0.3 is 4.85 Å². The highest BCUT2D eigenvalue weighted by Crippen LogP contribution is 2.28. The van der Waals surface area contributed by atoms with Gasteiger partial charge in [0.1, 0.15) is 5.82 Å². The van der Waals surface area contributed by atoms with Gasteiger partial charge in [-0.3, -0.25) is 9.78 Å². The van der Waals surface area contributed by atoms with Crippen LogP contribution in [0, 0.1) is 12.4 Å². The molecule has 1 aliphatic rings. The van der Waals surface area contributed by atoms with Crippen molar-refractivity contribution >= 4 is 11.9 Å². The molecule has 0 aliphatic heterocycles. The van der Waals surface area contributed by atoms with Crippen molar-refractivity contribution in [3.05, 3.63) is 81.7 Å². The maximum Gasteiger partial charge on any atom is 0.276 e. The summed E-state index contributed by atoms with van der Waals surface area (Å²) in [4.78, 5) is 19.5. The summed E-state index contributed by atoms with van der Waals surface area (Å²) in [6.07, 6.45) is 4.94. The number of fused-ring (bicyclic) bond motifs is 1. The van der Waals surface area contributed by atoms with Crippen LogP contribution < -0.4 is 0 Å². The molecule has 0 atom stereocenters. The number of hydrogen-bond donors (Lipinski definition) is 0. The van der Waals surface area contributed by atoms with Gasteiger partial charge in [-0.15, -0.1) is 0 Å². The number of hydrogen-bond acceptors (Lipinski definition) is 2. The number of pyridine rings is 1. The number of ketones is 1. The van der Waals surface area contributed by atoms with Gasteiger partial charge in [-0.25, -0.2) is 11.0 Å². The Bertz CT molecular complexity index is 801. The zero-order chi connectivity index (χ0) is 15.5. The average molecular weight is 292 g/mol. The van der Waals surface area contributed by atoms with Crippen LogP contribution >= 0.6 is 0 Å². The molecular formula is C18H13FN2O. The Labute approximate surface area is 127 Å². The Morgan fingerprint density at radius 3 is 2.77 bits per heavy atom. The van der Waals surface area contributed by atoms with Crippen LogP contribution in [-0.4, -0.2) is 17.3 Å². The van der Waals surface area contributed by atoms with Crippen molar-refractivity contribution in [2.45, 2.75) is 12.8 Å². The Balaban J connectivity index is 1.82. The topological polar surface area (TPSA) is 34.3 Å². The molecule has 3 nitrogen and oxygen atoms in total. The first kappa shape index (κ1) is 14.2. The van der Waals surface area contributed by atoms with Crippen LogP contribution in [-0.2, 0) is 12.8 Å². The summed E-state index contributed by atoms with van der Waals surface area (Å²) < 4.78 is 12.9. The molecule has 1 aliphatic carbocycles. The van der Waals surface area contributed by atoms with Crippen molar-refractivity contribution in [3.63, 3.8) is 0 Å². The minimum atomic E-state index is -0.249. The number of carbonyl (C=O) groups is 1. The fourth-order valence-corrected chi connectivity index (χ4v) is 2.69. The predicted octanol–water partition coefficient (Wildman–Crippen LogP) is 3.50. The maximum atomic E-state index is 12.9. The van der Waals surface area contributed by atoms with Gasteiger partial charge in [-0.2, -0.15) is 0 Å². The molecule has 0 unspecified atom stereocenters. The lowest BCUT2D eigenvalue weighted by Gasteiger charge is -2.05. The summed E-state index contributed by atoms with van der Waals surface area (Å²) in [5.74, 6) is -0.411. The van der Waals surface area contributed by atoms with Crippen molar-refractivity contribution < 1.29 is 9.18 Å². The number of rotatable bonds is 4. The highest BCUT2D eigenvalue weighted by molar-refractivity contribution is 6.00. The van der Waals surface area contributed by atoms with Gasteiger partial charge in [-0.1, -0.05) is 17.7 Å². The van der Waals surface area contributed by atoms with E-state index in [1.54, 1.807) is 24.4 Å². The molecule has 0 saturated carbocycles. The molecule has 0 radical (unpaired) electrons. The number of allylic oxidation sites excluding steroid dienone is 1. The molecule has 0 N–H and O–H groups in total. The normalized spacial score (nSPS) is 12.5. The highest BCUT2D eigenvalue weighted by atomic mass is 19.1. The monoisotopic (exact) mass is 292 g/mol. The van der Waals surface area contributed by atoms with Gasteiger partial charge >= 0.3 is 0 Å². The first-order valence-corrected chi connectivity index (χ1v) is 6.95. The van der Waals surface area contributed by atoms with Crippen LogP contribution in [0.15, 0.2) is 42.1 Å². The quantitative estimate of drug-likeness (QED) is 0.638. The van der Waals surface area contributed by atoms with Crippen LogP contribution in [0.2, 0.25) is 0 Å².